The van der Waals surface area contributed by atoms with Gasteiger partial charge in [0.05, 0.1) is 24.3 Å². The van der Waals surface area contributed by atoms with E-state index in [0.717, 1.165) is 11.3 Å². The summed E-state index contributed by atoms with van der Waals surface area (Å²) in [6.45, 7) is 7.15. The van der Waals surface area contributed by atoms with Gasteiger partial charge >= 0.3 is 6.03 Å². The zero-order chi connectivity index (χ0) is 21.2. The summed E-state index contributed by atoms with van der Waals surface area (Å²) in [4.78, 5) is 41.3. The summed E-state index contributed by atoms with van der Waals surface area (Å²) in [7, 11) is 0. The Morgan fingerprint density at radius 3 is 2.63 bits per heavy atom. The van der Waals surface area contributed by atoms with Crippen molar-refractivity contribution in [1.29, 1.82) is 0 Å². The summed E-state index contributed by atoms with van der Waals surface area (Å²) >= 11 is 0. The number of amides is 4. The number of fused-ring (bicyclic) bond motifs is 5. The van der Waals surface area contributed by atoms with Gasteiger partial charge in [-0.1, -0.05) is 51.1 Å². The Morgan fingerprint density at radius 2 is 1.93 bits per heavy atom. The Balaban J connectivity index is 1.48. The smallest absolute Gasteiger partial charge is 0.325 e. The van der Waals surface area contributed by atoms with Crippen LogP contribution in [-0.4, -0.2) is 62.1 Å². The first-order chi connectivity index (χ1) is 14.2. The first kappa shape index (κ1) is 18.8. The van der Waals surface area contributed by atoms with Crippen molar-refractivity contribution in [1.82, 2.24) is 24.9 Å². The van der Waals surface area contributed by atoms with Gasteiger partial charge in [-0.3, -0.25) is 19.6 Å². The largest absolute Gasteiger partial charge is 0.330 e. The summed E-state index contributed by atoms with van der Waals surface area (Å²) in [5.74, 6) is -0.439. The molecule has 0 aliphatic carbocycles. The molecule has 1 N–H and O–H groups in total. The number of carbonyl (C=O) groups is 3. The molecule has 8 heteroatoms. The maximum atomic E-state index is 13.6. The highest BCUT2D eigenvalue weighted by Crippen LogP contribution is 2.39. The van der Waals surface area contributed by atoms with Crippen LogP contribution in [0.1, 0.15) is 48.9 Å². The molecule has 3 saturated heterocycles. The molecule has 30 heavy (non-hydrogen) atoms. The van der Waals surface area contributed by atoms with E-state index in [0.29, 0.717) is 25.2 Å². The van der Waals surface area contributed by atoms with Crippen LogP contribution in [0.15, 0.2) is 36.4 Å². The van der Waals surface area contributed by atoms with E-state index in [-0.39, 0.29) is 35.3 Å². The van der Waals surface area contributed by atoms with Crippen LogP contribution in [0.5, 0.6) is 0 Å². The predicted octanol–water partition coefficient (Wildman–Crippen LogP) is 1.75. The average Bonchev–Trinajstić information content (AvgIpc) is 3.44. The molecule has 3 aliphatic rings. The fourth-order valence-corrected chi connectivity index (χ4v) is 4.81. The van der Waals surface area contributed by atoms with Crippen molar-refractivity contribution in [3.05, 3.63) is 53.3 Å². The number of nitrogens with one attached hydrogen (secondary N) is 1. The van der Waals surface area contributed by atoms with Crippen LogP contribution in [0.3, 0.4) is 0 Å². The molecule has 3 atom stereocenters. The standard InChI is InChI=1S/C22H25N5O3/c1-22(2,3)17-10-16(26(24-17)11-13-7-5-4-6-8-13)20(29)25-12-14-9-15(25)18-19(28)23-21(30)27(14)18/h4-8,10,14-15,18H,9,11-12H2,1-3H3,(H,23,28,30). The van der Waals surface area contributed by atoms with Gasteiger partial charge in [0, 0.05) is 12.0 Å². The molecule has 4 heterocycles. The Morgan fingerprint density at radius 1 is 1.20 bits per heavy atom. The van der Waals surface area contributed by atoms with Crippen molar-refractivity contribution >= 4 is 17.8 Å². The highest BCUT2D eigenvalue weighted by molar-refractivity contribution is 6.06. The Hall–Kier alpha value is -3.16. The number of carbonyl (C=O) groups excluding carboxylic acids is 3. The number of hydrogen-bond acceptors (Lipinski definition) is 4. The second-order valence-corrected chi connectivity index (χ2v) is 9.37. The lowest BCUT2D eigenvalue weighted by atomic mass is 9.92. The summed E-state index contributed by atoms with van der Waals surface area (Å²) in [5.41, 5.74) is 2.23. The highest BCUT2D eigenvalue weighted by Gasteiger charge is 2.60. The lowest BCUT2D eigenvalue weighted by Crippen LogP contribution is -2.55. The van der Waals surface area contributed by atoms with Crippen molar-refractivity contribution in [2.45, 2.75) is 57.3 Å². The van der Waals surface area contributed by atoms with Crippen LogP contribution in [0, 0.1) is 0 Å². The molecule has 3 unspecified atom stereocenters. The van der Waals surface area contributed by atoms with Gasteiger partial charge in [-0.15, -0.1) is 0 Å². The molecular weight excluding hydrogens is 382 g/mol. The summed E-state index contributed by atoms with van der Waals surface area (Å²) < 4.78 is 1.77. The van der Waals surface area contributed by atoms with E-state index in [2.05, 4.69) is 26.1 Å². The van der Waals surface area contributed by atoms with E-state index in [4.69, 9.17) is 5.10 Å². The van der Waals surface area contributed by atoms with E-state index in [1.165, 1.54) is 0 Å². The second kappa shape index (κ2) is 6.42. The summed E-state index contributed by atoms with van der Waals surface area (Å²) in [5, 5.41) is 7.13. The molecule has 156 valence electrons. The predicted molar refractivity (Wildman–Crippen MR) is 109 cm³/mol. The number of rotatable bonds is 3. The average molecular weight is 407 g/mol. The minimum absolute atomic E-state index is 0.108. The van der Waals surface area contributed by atoms with E-state index < -0.39 is 6.04 Å². The normalized spacial score (nSPS) is 25.1. The monoisotopic (exact) mass is 407 g/mol. The van der Waals surface area contributed by atoms with Gasteiger partial charge in [0.25, 0.3) is 11.8 Å². The van der Waals surface area contributed by atoms with Gasteiger partial charge in [-0.2, -0.15) is 5.10 Å². The van der Waals surface area contributed by atoms with Crippen molar-refractivity contribution in [3.8, 4) is 0 Å². The zero-order valence-corrected chi connectivity index (χ0v) is 17.3. The quantitative estimate of drug-likeness (QED) is 0.786. The molecule has 0 radical (unpaired) electrons. The Labute approximate surface area is 174 Å². The van der Waals surface area contributed by atoms with E-state index in [1.807, 2.05) is 36.4 Å². The van der Waals surface area contributed by atoms with Crippen LogP contribution in [0.2, 0.25) is 0 Å². The van der Waals surface area contributed by atoms with Crippen LogP contribution >= 0.6 is 0 Å². The Kier molecular flexibility index (Phi) is 4.03. The molecule has 2 bridgehead atoms. The third-order valence-corrected chi connectivity index (χ3v) is 6.32. The van der Waals surface area contributed by atoms with Gasteiger partial charge in [0.2, 0.25) is 0 Å². The highest BCUT2D eigenvalue weighted by atomic mass is 16.2. The molecule has 3 fully saturated rings. The first-order valence-corrected chi connectivity index (χ1v) is 10.3. The van der Waals surface area contributed by atoms with Crippen LogP contribution in [0.25, 0.3) is 0 Å². The number of benzene rings is 1. The van der Waals surface area contributed by atoms with Crippen molar-refractivity contribution in [3.63, 3.8) is 0 Å². The molecule has 4 amide bonds. The Bertz CT molecular complexity index is 1040. The zero-order valence-electron chi connectivity index (χ0n) is 17.3. The maximum absolute atomic E-state index is 13.6. The minimum Gasteiger partial charge on any atom is -0.330 e. The van der Waals surface area contributed by atoms with Gasteiger partial charge in [0.1, 0.15) is 11.7 Å². The molecule has 0 saturated carbocycles. The molecule has 5 rings (SSSR count). The van der Waals surface area contributed by atoms with Crippen LogP contribution in [0.4, 0.5) is 4.79 Å². The SMILES string of the molecule is CC(C)(C)c1cc(C(=O)N2CC3CC2C2C(=O)NC(=O)N32)n(Cc2ccccc2)n1. The third kappa shape index (κ3) is 2.81. The van der Waals surface area contributed by atoms with Gasteiger partial charge in [-0.05, 0) is 18.1 Å². The number of hydrogen-bond donors (Lipinski definition) is 1. The lowest BCUT2D eigenvalue weighted by molar-refractivity contribution is -0.122. The van der Waals surface area contributed by atoms with Gasteiger partial charge in [-0.25, -0.2) is 4.79 Å². The first-order valence-electron chi connectivity index (χ1n) is 10.3. The molecular formula is C22H25N5O3. The topological polar surface area (TPSA) is 87.5 Å². The lowest BCUT2D eigenvalue weighted by Gasteiger charge is -2.34. The third-order valence-electron chi connectivity index (χ3n) is 6.32. The van der Waals surface area contributed by atoms with Crippen LogP contribution < -0.4 is 5.32 Å². The summed E-state index contributed by atoms with van der Waals surface area (Å²) in [6, 6.07) is 10.5. The van der Waals surface area contributed by atoms with Gasteiger partial charge in [0.15, 0.2) is 0 Å². The number of likely N-dealkylation sites (tertiary alicyclic amines) is 1. The second-order valence-electron chi connectivity index (χ2n) is 9.37. The fourth-order valence-electron chi connectivity index (χ4n) is 4.81. The van der Waals surface area contributed by atoms with E-state index in [1.54, 1.807) is 14.5 Å². The van der Waals surface area contributed by atoms with E-state index in [9.17, 15) is 14.4 Å². The maximum Gasteiger partial charge on any atom is 0.325 e. The van der Waals surface area contributed by atoms with Crippen molar-refractivity contribution in [2.24, 2.45) is 0 Å². The van der Waals surface area contributed by atoms with E-state index >= 15 is 0 Å². The molecule has 1 aromatic carbocycles. The number of imide groups is 1. The van der Waals surface area contributed by atoms with Crippen LogP contribution in [-0.2, 0) is 16.8 Å². The summed E-state index contributed by atoms with van der Waals surface area (Å²) in [6.07, 6.45) is 0.647. The number of piperazine rings is 1. The molecule has 3 aliphatic heterocycles. The van der Waals surface area contributed by atoms with Crippen molar-refractivity contribution in [2.75, 3.05) is 6.54 Å². The van der Waals surface area contributed by atoms with Gasteiger partial charge < -0.3 is 9.80 Å². The number of urea groups is 1. The minimum atomic E-state index is -0.576. The molecule has 2 aromatic rings. The number of aromatic nitrogens is 2. The molecule has 8 nitrogen and oxygen atoms in total. The number of nitrogens with zero attached hydrogens (tertiary/aromatic N) is 4. The molecule has 0 spiro atoms. The fraction of sp³-hybridized carbons (Fsp3) is 0.455. The van der Waals surface area contributed by atoms with Crippen molar-refractivity contribution < 1.29 is 14.4 Å². The molecule has 1 aromatic heterocycles.